The highest BCUT2D eigenvalue weighted by atomic mass is 35.5. The normalized spacial score (nSPS) is 9.46. The highest BCUT2D eigenvalue weighted by molar-refractivity contribution is 5.85. The van der Waals surface area contributed by atoms with Crippen LogP contribution in [0.3, 0.4) is 0 Å². The molecule has 2 N–H and O–H groups in total. The Labute approximate surface area is 80.3 Å². The van der Waals surface area contributed by atoms with Gasteiger partial charge in [0.2, 0.25) is 5.88 Å². The molecular formula is C7H9ClF2N2O. The van der Waals surface area contributed by atoms with Crippen molar-refractivity contribution in [2.45, 2.75) is 6.43 Å². The second-order valence-electron chi connectivity index (χ2n) is 2.10. The molecule has 1 rings (SSSR count). The molecule has 0 saturated heterocycles. The van der Waals surface area contributed by atoms with Crippen LogP contribution in [0.4, 0.5) is 14.5 Å². The van der Waals surface area contributed by atoms with E-state index in [1.807, 2.05) is 0 Å². The van der Waals surface area contributed by atoms with Crippen LogP contribution in [0, 0.1) is 0 Å². The summed E-state index contributed by atoms with van der Waals surface area (Å²) >= 11 is 0. The number of aromatic nitrogens is 1. The molecule has 0 bridgehead atoms. The highest BCUT2D eigenvalue weighted by Gasteiger charge is 2.05. The number of anilines is 1. The number of nitrogen functional groups attached to an aromatic ring is 1. The van der Waals surface area contributed by atoms with Gasteiger partial charge < -0.3 is 10.5 Å². The number of ether oxygens (including phenoxy) is 1. The molecular weight excluding hydrogens is 202 g/mol. The van der Waals surface area contributed by atoms with Crippen LogP contribution in [0.2, 0.25) is 0 Å². The van der Waals surface area contributed by atoms with Gasteiger partial charge in [0.15, 0.2) is 6.61 Å². The summed E-state index contributed by atoms with van der Waals surface area (Å²) in [7, 11) is 0. The summed E-state index contributed by atoms with van der Waals surface area (Å²) in [5.74, 6) is 0.0535. The van der Waals surface area contributed by atoms with Gasteiger partial charge in [-0.05, 0) is 12.1 Å². The predicted octanol–water partition coefficient (Wildman–Crippen LogP) is 1.73. The van der Waals surface area contributed by atoms with Gasteiger partial charge in [-0.2, -0.15) is 0 Å². The maximum atomic E-state index is 11.7. The molecule has 0 aromatic carbocycles. The van der Waals surface area contributed by atoms with Gasteiger partial charge in [-0.3, -0.25) is 0 Å². The lowest BCUT2D eigenvalue weighted by Gasteiger charge is -2.05. The first-order valence-corrected chi connectivity index (χ1v) is 3.31. The Kier molecular flexibility index (Phi) is 5.06. The summed E-state index contributed by atoms with van der Waals surface area (Å²) < 4.78 is 27.9. The van der Waals surface area contributed by atoms with Crippen LogP contribution < -0.4 is 10.5 Å². The molecule has 0 unspecified atom stereocenters. The zero-order valence-corrected chi connectivity index (χ0v) is 7.43. The number of hydrogen-bond acceptors (Lipinski definition) is 3. The number of halogens is 3. The third kappa shape index (κ3) is 3.89. The number of pyridine rings is 1. The molecule has 6 heteroatoms. The molecule has 0 aliphatic carbocycles. The molecule has 3 nitrogen and oxygen atoms in total. The van der Waals surface area contributed by atoms with Gasteiger partial charge in [0.25, 0.3) is 6.43 Å². The van der Waals surface area contributed by atoms with Gasteiger partial charge in [0.1, 0.15) is 0 Å². The highest BCUT2D eigenvalue weighted by Crippen LogP contribution is 2.16. The summed E-state index contributed by atoms with van der Waals surface area (Å²) in [6, 6.07) is 3.14. The van der Waals surface area contributed by atoms with Crippen molar-refractivity contribution in [2.24, 2.45) is 0 Å². The molecule has 0 spiro atoms. The second kappa shape index (κ2) is 5.53. The van der Waals surface area contributed by atoms with Gasteiger partial charge >= 0.3 is 0 Å². The van der Waals surface area contributed by atoms with Crippen molar-refractivity contribution in [1.82, 2.24) is 4.98 Å². The summed E-state index contributed by atoms with van der Waals surface area (Å²) in [4.78, 5) is 3.67. The lowest BCUT2D eigenvalue weighted by molar-refractivity contribution is 0.0800. The Hall–Kier alpha value is -1.10. The molecule has 74 valence electrons. The van der Waals surface area contributed by atoms with Crippen LogP contribution in [-0.2, 0) is 0 Å². The first-order valence-electron chi connectivity index (χ1n) is 3.31. The van der Waals surface area contributed by atoms with Crippen molar-refractivity contribution in [3.05, 3.63) is 18.3 Å². The Bertz CT molecular complexity index is 260. The van der Waals surface area contributed by atoms with E-state index in [1.165, 1.54) is 12.3 Å². The fraction of sp³-hybridized carbons (Fsp3) is 0.286. The van der Waals surface area contributed by atoms with E-state index in [2.05, 4.69) is 9.72 Å². The van der Waals surface area contributed by atoms with Crippen molar-refractivity contribution in [1.29, 1.82) is 0 Å². The van der Waals surface area contributed by atoms with Gasteiger partial charge in [-0.1, -0.05) is 0 Å². The topological polar surface area (TPSA) is 48.1 Å². The van der Waals surface area contributed by atoms with Gasteiger partial charge in [-0.15, -0.1) is 12.4 Å². The van der Waals surface area contributed by atoms with Crippen molar-refractivity contribution in [3.63, 3.8) is 0 Å². The average Bonchev–Trinajstić information content (AvgIpc) is 2.03. The monoisotopic (exact) mass is 210 g/mol. The van der Waals surface area contributed by atoms with Crippen LogP contribution in [0.25, 0.3) is 0 Å². The Balaban J connectivity index is 0.00000144. The molecule has 0 atom stereocenters. The van der Waals surface area contributed by atoms with Crippen LogP contribution in [0.5, 0.6) is 5.88 Å². The smallest absolute Gasteiger partial charge is 0.272 e. The lowest BCUT2D eigenvalue weighted by Crippen LogP contribution is -2.09. The SMILES string of the molecule is Cl.Nc1cccnc1OCC(F)F. The number of nitrogens with zero attached hydrogens (tertiary/aromatic N) is 1. The largest absolute Gasteiger partial charge is 0.470 e. The number of hydrogen-bond donors (Lipinski definition) is 1. The molecule has 1 heterocycles. The Morgan fingerprint density at radius 3 is 2.77 bits per heavy atom. The Morgan fingerprint density at radius 1 is 1.54 bits per heavy atom. The van der Waals surface area contributed by atoms with E-state index >= 15 is 0 Å². The fourth-order valence-electron chi connectivity index (χ4n) is 0.666. The van der Waals surface area contributed by atoms with Crippen LogP contribution in [0.1, 0.15) is 0 Å². The summed E-state index contributed by atoms with van der Waals surface area (Å²) in [6.45, 7) is -0.679. The number of nitrogens with two attached hydrogens (primary N) is 1. The zero-order chi connectivity index (χ0) is 8.97. The lowest BCUT2D eigenvalue weighted by atomic mass is 10.4. The number of rotatable bonds is 3. The van der Waals surface area contributed by atoms with Gasteiger partial charge in [0.05, 0.1) is 5.69 Å². The average molecular weight is 211 g/mol. The van der Waals surface area contributed by atoms with Crippen molar-refractivity contribution >= 4 is 18.1 Å². The van der Waals surface area contributed by atoms with E-state index in [0.717, 1.165) is 0 Å². The van der Waals surface area contributed by atoms with Gasteiger partial charge in [-0.25, -0.2) is 13.8 Å². The fourth-order valence-corrected chi connectivity index (χ4v) is 0.666. The van der Waals surface area contributed by atoms with E-state index in [0.29, 0.717) is 0 Å². The molecule has 0 saturated carbocycles. The van der Waals surface area contributed by atoms with Gasteiger partial charge in [0, 0.05) is 6.20 Å². The minimum Gasteiger partial charge on any atom is -0.470 e. The minimum absolute atomic E-state index is 0. The third-order valence-electron chi connectivity index (χ3n) is 1.15. The van der Waals surface area contributed by atoms with Crippen molar-refractivity contribution < 1.29 is 13.5 Å². The zero-order valence-electron chi connectivity index (χ0n) is 6.61. The van der Waals surface area contributed by atoms with Crippen LogP contribution in [-0.4, -0.2) is 18.0 Å². The molecule has 0 fully saturated rings. The third-order valence-corrected chi connectivity index (χ3v) is 1.15. The number of alkyl halides is 2. The molecule has 0 aliphatic rings. The molecule has 0 aliphatic heterocycles. The first kappa shape index (κ1) is 11.9. The second-order valence-corrected chi connectivity index (χ2v) is 2.10. The summed E-state index contributed by atoms with van der Waals surface area (Å²) in [6.07, 6.45) is -1.08. The van der Waals surface area contributed by atoms with E-state index in [-0.39, 0.29) is 24.0 Å². The van der Waals surface area contributed by atoms with Crippen LogP contribution >= 0.6 is 12.4 Å². The molecule has 1 aromatic heterocycles. The predicted molar refractivity (Wildman–Crippen MR) is 47.4 cm³/mol. The summed E-state index contributed by atoms with van der Waals surface area (Å²) in [5.41, 5.74) is 5.64. The van der Waals surface area contributed by atoms with Crippen molar-refractivity contribution in [2.75, 3.05) is 12.3 Å². The first-order chi connectivity index (χ1) is 5.70. The minimum atomic E-state index is -2.51. The van der Waals surface area contributed by atoms with E-state index in [1.54, 1.807) is 6.07 Å². The quantitative estimate of drug-likeness (QED) is 0.827. The van der Waals surface area contributed by atoms with E-state index in [9.17, 15) is 8.78 Å². The Morgan fingerprint density at radius 2 is 2.23 bits per heavy atom. The van der Waals surface area contributed by atoms with E-state index in [4.69, 9.17) is 5.73 Å². The molecule has 0 amide bonds. The maximum Gasteiger partial charge on any atom is 0.272 e. The standard InChI is InChI=1S/C7H8F2N2O.ClH/c8-6(9)4-12-7-5(10)2-1-3-11-7;/h1-3,6H,4,10H2;1H. The van der Waals surface area contributed by atoms with E-state index < -0.39 is 13.0 Å². The van der Waals surface area contributed by atoms with Crippen molar-refractivity contribution in [3.8, 4) is 5.88 Å². The maximum absolute atomic E-state index is 11.7. The van der Waals surface area contributed by atoms with Crippen LogP contribution in [0.15, 0.2) is 18.3 Å². The molecule has 0 radical (unpaired) electrons. The summed E-state index contributed by atoms with van der Waals surface area (Å²) in [5, 5.41) is 0. The molecule has 13 heavy (non-hydrogen) atoms. The molecule has 1 aromatic rings.